The summed E-state index contributed by atoms with van der Waals surface area (Å²) in [6, 6.07) is 6.63. The quantitative estimate of drug-likeness (QED) is 0.806. The van der Waals surface area contributed by atoms with Crippen molar-refractivity contribution in [3.63, 3.8) is 0 Å². The van der Waals surface area contributed by atoms with Crippen LogP contribution in [0.25, 0.3) is 0 Å². The van der Waals surface area contributed by atoms with Crippen LogP contribution >= 0.6 is 0 Å². The SMILES string of the molecule is CC(=O)c1ccc(NC(=O)CN2CCN(C(=O)C3CC3(F)F)CC2)cc1. The summed E-state index contributed by atoms with van der Waals surface area (Å²) in [6.45, 7) is 3.29. The average molecular weight is 365 g/mol. The van der Waals surface area contributed by atoms with E-state index in [4.69, 9.17) is 0 Å². The third-order valence-corrected chi connectivity index (χ3v) is 4.75. The Morgan fingerprint density at radius 2 is 1.69 bits per heavy atom. The van der Waals surface area contributed by atoms with Crippen LogP contribution < -0.4 is 5.32 Å². The minimum absolute atomic E-state index is 0.0424. The lowest BCUT2D eigenvalue weighted by Gasteiger charge is -2.34. The first-order valence-electron chi connectivity index (χ1n) is 8.56. The van der Waals surface area contributed by atoms with Crippen LogP contribution in [0.3, 0.4) is 0 Å². The smallest absolute Gasteiger partial charge is 0.260 e. The van der Waals surface area contributed by atoms with Crippen LogP contribution in [0.4, 0.5) is 14.5 Å². The van der Waals surface area contributed by atoms with Crippen molar-refractivity contribution in [3.8, 4) is 0 Å². The summed E-state index contributed by atoms with van der Waals surface area (Å²) in [6.07, 6.45) is -0.350. The fourth-order valence-electron chi connectivity index (χ4n) is 3.02. The normalized spacial score (nSPS) is 22.0. The molecule has 1 aliphatic heterocycles. The summed E-state index contributed by atoms with van der Waals surface area (Å²) in [4.78, 5) is 38.6. The lowest BCUT2D eigenvalue weighted by atomic mass is 10.1. The van der Waals surface area contributed by atoms with E-state index in [1.165, 1.54) is 11.8 Å². The summed E-state index contributed by atoms with van der Waals surface area (Å²) in [5.74, 6) is -4.72. The molecule has 1 unspecified atom stereocenters. The van der Waals surface area contributed by atoms with Crippen molar-refractivity contribution in [1.29, 1.82) is 0 Å². The van der Waals surface area contributed by atoms with Crippen molar-refractivity contribution in [2.75, 3.05) is 38.0 Å². The first-order valence-corrected chi connectivity index (χ1v) is 8.56. The first-order chi connectivity index (χ1) is 12.3. The molecule has 2 aliphatic rings. The summed E-state index contributed by atoms with van der Waals surface area (Å²) in [5, 5.41) is 2.76. The van der Waals surface area contributed by atoms with Crippen LogP contribution in [-0.2, 0) is 9.59 Å². The van der Waals surface area contributed by atoms with Crippen LogP contribution in [0.15, 0.2) is 24.3 Å². The molecule has 0 bridgehead atoms. The summed E-state index contributed by atoms with van der Waals surface area (Å²) in [7, 11) is 0. The van der Waals surface area contributed by atoms with E-state index in [0.717, 1.165) is 0 Å². The summed E-state index contributed by atoms with van der Waals surface area (Å²) in [5.41, 5.74) is 1.18. The monoisotopic (exact) mass is 365 g/mol. The van der Waals surface area contributed by atoms with Gasteiger partial charge in [0.15, 0.2) is 5.78 Å². The Bertz CT molecular complexity index is 713. The number of carbonyl (C=O) groups excluding carboxylic acids is 3. The Labute approximate surface area is 150 Å². The van der Waals surface area contributed by atoms with Gasteiger partial charge in [0.05, 0.1) is 6.54 Å². The maximum atomic E-state index is 13.0. The highest BCUT2D eigenvalue weighted by atomic mass is 19.3. The van der Waals surface area contributed by atoms with E-state index in [9.17, 15) is 23.2 Å². The van der Waals surface area contributed by atoms with Gasteiger partial charge in [0.1, 0.15) is 5.92 Å². The lowest BCUT2D eigenvalue weighted by molar-refractivity contribution is -0.136. The largest absolute Gasteiger partial charge is 0.340 e. The number of hydrogen-bond acceptors (Lipinski definition) is 4. The lowest BCUT2D eigenvalue weighted by Crippen LogP contribution is -2.51. The van der Waals surface area contributed by atoms with Crippen molar-refractivity contribution in [2.24, 2.45) is 5.92 Å². The Morgan fingerprint density at radius 1 is 1.12 bits per heavy atom. The molecule has 1 aromatic carbocycles. The first kappa shape index (κ1) is 18.4. The number of piperazine rings is 1. The Balaban J connectivity index is 1.43. The van der Waals surface area contributed by atoms with E-state index in [2.05, 4.69) is 5.32 Å². The number of hydrogen-bond donors (Lipinski definition) is 1. The number of rotatable bonds is 5. The predicted molar refractivity (Wildman–Crippen MR) is 91.2 cm³/mol. The molecule has 1 aromatic rings. The zero-order chi connectivity index (χ0) is 18.9. The van der Waals surface area contributed by atoms with Crippen molar-refractivity contribution >= 4 is 23.3 Å². The molecule has 1 aliphatic carbocycles. The Kier molecular flexibility index (Phi) is 5.04. The fourth-order valence-corrected chi connectivity index (χ4v) is 3.02. The number of Topliss-reactive ketones (excluding diaryl/α,β-unsaturated/α-hetero) is 1. The molecule has 1 atom stereocenters. The van der Waals surface area contributed by atoms with Gasteiger partial charge in [0, 0.05) is 43.9 Å². The van der Waals surface area contributed by atoms with Crippen LogP contribution in [0, 0.1) is 5.92 Å². The Morgan fingerprint density at radius 3 is 2.19 bits per heavy atom. The molecule has 0 spiro atoms. The molecule has 8 heteroatoms. The van der Waals surface area contributed by atoms with Crippen LogP contribution in [0.2, 0.25) is 0 Å². The third-order valence-electron chi connectivity index (χ3n) is 4.75. The molecule has 1 heterocycles. The van der Waals surface area contributed by atoms with Gasteiger partial charge in [-0.15, -0.1) is 0 Å². The number of benzene rings is 1. The summed E-state index contributed by atoms with van der Waals surface area (Å²) >= 11 is 0. The van der Waals surface area contributed by atoms with E-state index in [0.29, 0.717) is 37.4 Å². The number of halogens is 2. The van der Waals surface area contributed by atoms with Gasteiger partial charge in [-0.25, -0.2) is 8.78 Å². The average Bonchev–Trinajstić information content (AvgIpc) is 3.23. The molecule has 1 saturated carbocycles. The molecule has 6 nitrogen and oxygen atoms in total. The van der Waals surface area contributed by atoms with Gasteiger partial charge in [0.25, 0.3) is 5.92 Å². The van der Waals surface area contributed by atoms with Gasteiger partial charge < -0.3 is 10.2 Å². The van der Waals surface area contributed by atoms with Crippen LogP contribution in [-0.4, -0.2) is 66.0 Å². The van der Waals surface area contributed by atoms with Gasteiger partial charge >= 0.3 is 0 Å². The van der Waals surface area contributed by atoms with E-state index in [-0.39, 0.29) is 24.7 Å². The molecule has 2 fully saturated rings. The number of nitrogens with zero attached hydrogens (tertiary/aromatic N) is 2. The highest BCUT2D eigenvalue weighted by Gasteiger charge is 2.62. The molecule has 1 saturated heterocycles. The van der Waals surface area contributed by atoms with Gasteiger partial charge in [0.2, 0.25) is 11.8 Å². The van der Waals surface area contributed by atoms with Gasteiger partial charge in [-0.2, -0.15) is 0 Å². The molecule has 0 radical (unpaired) electrons. The van der Waals surface area contributed by atoms with Crippen molar-refractivity contribution in [2.45, 2.75) is 19.3 Å². The standard InChI is InChI=1S/C18H21F2N3O3/c1-12(24)13-2-4-14(5-3-13)21-16(25)11-22-6-8-23(9-7-22)17(26)15-10-18(15,19)20/h2-5,15H,6-11H2,1H3,(H,21,25). The van der Waals surface area contributed by atoms with E-state index in [1.807, 2.05) is 4.90 Å². The van der Waals surface area contributed by atoms with Gasteiger partial charge in [-0.3, -0.25) is 19.3 Å². The van der Waals surface area contributed by atoms with Crippen LogP contribution in [0.5, 0.6) is 0 Å². The molecule has 26 heavy (non-hydrogen) atoms. The zero-order valence-corrected chi connectivity index (χ0v) is 14.5. The number of alkyl halides is 2. The van der Waals surface area contributed by atoms with Crippen molar-refractivity contribution in [3.05, 3.63) is 29.8 Å². The van der Waals surface area contributed by atoms with E-state index in [1.54, 1.807) is 24.3 Å². The number of nitrogens with one attached hydrogen (secondary N) is 1. The molecule has 1 N–H and O–H groups in total. The molecule has 3 rings (SSSR count). The maximum Gasteiger partial charge on any atom is 0.260 e. The number of amides is 2. The highest BCUT2D eigenvalue weighted by molar-refractivity contribution is 5.96. The minimum atomic E-state index is -2.84. The zero-order valence-electron chi connectivity index (χ0n) is 14.5. The van der Waals surface area contributed by atoms with Gasteiger partial charge in [-0.1, -0.05) is 0 Å². The number of carbonyl (C=O) groups is 3. The van der Waals surface area contributed by atoms with Gasteiger partial charge in [-0.05, 0) is 31.2 Å². The van der Waals surface area contributed by atoms with Crippen molar-refractivity contribution in [1.82, 2.24) is 9.80 Å². The molecular weight excluding hydrogens is 344 g/mol. The molecule has 2 amide bonds. The molecule has 0 aromatic heterocycles. The van der Waals surface area contributed by atoms with Crippen LogP contribution in [0.1, 0.15) is 23.7 Å². The van der Waals surface area contributed by atoms with E-state index >= 15 is 0 Å². The number of ketones is 1. The van der Waals surface area contributed by atoms with E-state index < -0.39 is 17.7 Å². The fraction of sp³-hybridized carbons (Fsp3) is 0.500. The molecule has 140 valence electrons. The highest BCUT2D eigenvalue weighted by Crippen LogP contribution is 2.49. The summed E-state index contributed by atoms with van der Waals surface area (Å²) < 4.78 is 26.0. The number of anilines is 1. The second-order valence-corrected chi connectivity index (χ2v) is 6.80. The maximum absolute atomic E-state index is 13.0. The second-order valence-electron chi connectivity index (χ2n) is 6.80. The predicted octanol–water partition coefficient (Wildman–Crippen LogP) is 1.63. The van der Waals surface area contributed by atoms with Crippen molar-refractivity contribution < 1.29 is 23.2 Å². The molecular formula is C18H21F2N3O3. The minimum Gasteiger partial charge on any atom is -0.340 e. The Hall–Kier alpha value is -2.35. The second kappa shape index (κ2) is 7.11. The topological polar surface area (TPSA) is 69.7 Å². The third kappa shape index (κ3) is 4.24.